The highest BCUT2D eigenvalue weighted by molar-refractivity contribution is 6.30. The summed E-state index contributed by atoms with van der Waals surface area (Å²) < 4.78 is 0. The lowest BCUT2D eigenvalue weighted by Gasteiger charge is -2.09. The molecule has 0 aromatic heterocycles. The molecule has 0 fully saturated rings. The van der Waals surface area contributed by atoms with E-state index in [1.165, 1.54) is 0 Å². The molecule has 1 unspecified atom stereocenters. The third-order valence-corrected chi connectivity index (χ3v) is 1.93. The Morgan fingerprint density at radius 2 is 2.36 bits per heavy atom. The molecular formula is C10H11ClN2O. The van der Waals surface area contributed by atoms with Crippen molar-refractivity contribution in [2.24, 2.45) is 0 Å². The van der Waals surface area contributed by atoms with Gasteiger partial charge in [-0.25, -0.2) is 0 Å². The molecule has 1 aromatic rings. The molecule has 0 aliphatic rings. The third kappa shape index (κ3) is 2.91. The lowest BCUT2D eigenvalue weighted by Crippen LogP contribution is -2.15. The van der Waals surface area contributed by atoms with Gasteiger partial charge >= 0.3 is 0 Å². The molecular weight excluding hydrogens is 200 g/mol. The summed E-state index contributed by atoms with van der Waals surface area (Å²) in [6.45, 7) is 2.07. The molecule has 1 aromatic carbocycles. The van der Waals surface area contributed by atoms with E-state index in [1.807, 2.05) is 6.07 Å². The molecule has 74 valence electrons. The van der Waals surface area contributed by atoms with E-state index in [-0.39, 0.29) is 0 Å². The van der Waals surface area contributed by atoms with Gasteiger partial charge in [0.25, 0.3) is 0 Å². The number of halogens is 1. The summed E-state index contributed by atoms with van der Waals surface area (Å²) in [4.78, 5) is 0. The number of nitrogens with one attached hydrogen (secondary N) is 1. The zero-order valence-corrected chi connectivity index (χ0v) is 8.54. The minimum atomic E-state index is -0.458. The van der Waals surface area contributed by atoms with Crippen molar-refractivity contribution in [3.8, 4) is 6.07 Å². The van der Waals surface area contributed by atoms with Crippen LogP contribution in [-0.2, 0) is 0 Å². The van der Waals surface area contributed by atoms with Crippen molar-refractivity contribution in [3.63, 3.8) is 0 Å². The Hall–Kier alpha value is -1.24. The summed E-state index contributed by atoms with van der Waals surface area (Å²) in [7, 11) is 0. The first-order valence-corrected chi connectivity index (χ1v) is 4.63. The molecule has 0 bridgehead atoms. The second kappa shape index (κ2) is 4.85. The molecule has 14 heavy (non-hydrogen) atoms. The van der Waals surface area contributed by atoms with Gasteiger partial charge in [0.15, 0.2) is 0 Å². The maximum absolute atomic E-state index is 9.07. The van der Waals surface area contributed by atoms with Gasteiger partial charge in [-0.1, -0.05) is 11.6 Å². The number of hydrogen-bond acceptors (Lipinski definition) is 3. The van der Waals surface area contributed by atoms with Gasteiger partial charge < -0.3 is 10.4 Å². The minimum Gasteiger partial charge on any atom is -0.392 e. The van der Waals surface area contributed by atoms with Crippen molar-refractivity contribution in [2.75, 3.05) is 11.9 Å². The molecule has 0 spiro atoms. The van der Waals surface area contributed by atoms with E-state index in [4.69, 9.17) is 22.0 Å². The molecule has 0 amide bonds. The fourth-order valence-corrected chi connectivity index (χ4v) is 1.19. The number of aliphatic hydroxyl groups excluding tert-OH is 1. The monoisotopic (exact) mass is 210 g/mol. The standard InChI is InChI=1S/C10H11ClN2O/c1-7(14)6-13-10-4-9(11)3-2-8(10)5-12/h2-4,7,13-14H,6H2,1H3. The van der Waals surface area contributed by atoms with Crippen molar-refractivity contribution in [3.05, 3.63) is 28.8 Å². The van der Waals surface area contributed by atoms with Gasteiger partial charge in [0.1, 0.15) is 6.07 Å². The molecule has 3 nitrogen and oxygen atoms in total. The van der Waals surface area contributed by atoms with Crippen molar-refractivity contribution >= 4 is 17.3 Å². The summed E-state index contributed by atoms with van der Waals surface area (Å²) in [5.74, 6) is 0. The van der Waals surface area contributed by atoms with E-state index in [2.05, 4.69) is 5.32 Å². The summed E-state index contributed by atoms with van der Waals surface area (Å²) in [6, 6.07) is 7.02. The molecule has 0 heterocycles. The highest BCUT2D eigenvalue weighted by Gasteiger charge is 2.03. The number of anilines is 1. The van der Waals surface area contributed by atoms with Crippen LogP contribution in [0.15, 0.2) is 18.2 Å². The zero-order valence-electron chi connectivity index (χ0n) is 7.79. The van der Waals surface area contributed by atoms with E-state index in [0.29, 0.717) is 22.8 Å². The Labute approximate surface area is 87.9 Å². The number of nitriles is 1. The van der Waals surface area contributed by atoms with E-state index < -0.39 is 6.10 Å². The highest BCUT2D eigenvalue weighted by atomic mass is 35.5. The second-order valence-corrected chi connectivity index (χ2v) is 3.47. The normalized spacial score (nSPS) is 11.9. The Kier molecular flexibility index (Phi) is 3.75. The minimum absolute atomic E-state index is 0.398. The maximum atomic E-state index is 9.07. The molecule has 1 atom stereocenters. The van der Waals surface area contributed by atoms with Crippen molar-refractivity contribution in [1.82, 2.24) is 0 Å². The fourth-order valence-electron chi connectivity index (χ4n) is 1.02. The number of aliphatic hydroxyl groups is 1. The predicted molar refractivity (Wildman–Crippen MR) is 56.3 cm³/mol. The molecule has 1 rings (SSSR count). The lowest BCUT2D eigenvalue weighted by molar-refractivity contribution is 0.208. The van der Waals surface area contributed by atoms with Crippen LogP contribution in [0, 0.1) is 11.3 Å². The smallest absolute Gasteiger partial charge is 0.101 e. The van der Waals surface area contributed by atoms with Gasteiger partial charge in [-0.2, -0.15) is 5.26 Å². The molecule has 0 saturated carbocycles. The quantitative estimate of drug-likeness (QED) is 0.803. The number of nitrogens with zero attached hydrogens (tertiary/aromatic N) is 1. The largest absolute Gasteiger partial charge is 0.392 e. The Bertz CT molecular complexity index is 358. The SMILES string of the molecule is CC(O)CNc1cc(Cl)ccc1C#N. The van der Waals surface area contributed by atoms with E-state index in [0.717, 1.165) is 0 Å². The summed E-state index contributed by atoms with van der Waals surface area (Å²) in [5, 5.41) is 21.4. The first-order chi connectivity index (χ1) is 6.63. The van der Waals surface area contributed by atoms with E-state index >= 15 is 0 Å². The molecule has 4 heteroatoms. The van der Waals surface area contributed by atoms with Crippen LogP contribution in [0.1, 0.15) is 12.5 Å². The number of rotatable bonds is 3. The molecule has 0 radical (unpaired) electrons. The molecule has 0 saturated heterocycles. The van der Waals surface area contributed by atoms with Crippen LogP contribution in [0.2, 0.25) is 5.02 Å². The summed E-state index contributed by atoms with van der Waals surface area (Å²) >= 11 is 5.78. The van der Waals surface area contributed by atoms with Crippen LogP contribution >= 0.6 is 11.6 Å². The van der Waals surface area contributed by atoms with Gasteiger partial charge in [-0.05, 0) is 25.1 Å². The third-order valence-electron chi connectivity index (χ3n) is 1.69. The predicted octanol–water partition coefficient (Wildman–Crippen LogP) is 2.00. The Morgan fingerprint density at radius 3 is 2.93 bits per heavy atom. The average molecular weight is 211 g/mol. The van der Waals surface area contributed by atoms with E-state index in [1.54, 1.807) is 25.1 Å². The molecule has 0 aliphatic carbocycles. The van der Waals surface area contributed by atoms with Gasteiger partial charge in [0.05, 0.1) is 17.4 Å². The second-order valence-electron chi connectivity index (χ2n) is 3.03. The summed E-state index contributed by atoms with van der Waals surface area (Å²) in [5.41, 5.74) is 1.18. The van der Waals surface area contributed by atoms with Crippen LogP contribution in [-0.4, -0.2) is 17.8 Å². The topological polar surface area (TPSA) is 56.0 Å². The van der Waals surface area contributed by atoms with E-state index in [9.17, 15) is 0 Å². The lowest BCUT2D eigenvalue weighted by atomic mass is 10.2. The maximum Gasteiger partial charge on any atom is 0.101 e. The van der Waals surface area contributed by atoms with Crippen LogP contribution < -0.4 is 5.32 Å². The first kappa shape index (κ1) is 10.8. The Balaban J connectivity index is 2.84. The van der Waals surface area contributed by atoms with Crippen molar-refractivity contribution in [1.29, 1.82) is 5.26 Å². The highest BCUT2D eigenvalue weighted by Crippen LogP contribution is 2.20. The number of benzene rings is 1. The van der Waals surface area contributed by atoms with Crippen molar-refractivity contribution in [2.45, 2.75) is 13.0 Å². The van der Waals surface area contributed by atoms with Crippen LogP contribution in [0.5, 0.6) is 0 Å². The van der Waals surface area contributed by atoms with Crippen LogP contribution in [0.4, 0.5) is 5.69 Å². The van der Waals surface area contributed by atoms with Crippen LogP contribution in [0.25, 0.3) is 0 Å². The van der Waals surface area contributed by atoms with Gasteiger partial charge in [0.2, 0.25) is 0 Å². The average Bonchev–Trinajstić information content (AvgIpc) is 2.15. The zero-order chi connectivity index (χ0) is 10.6. The molecule has 0 aliphatic heterocycles. The van der Waals surface area contributed by atoms with Crippen molar-refractivity contribution < 1.29 is 5.11 Å². The fraction of sp³-hybridized carbons (Fsp3) is 0.300. The van der Waals surface area contributed by atoms with Gasteiger partial charge in [0, 0.05) is 11.6 Å². The first-order valence-electron chi connectivity index (χ1n) is 4.25. The van der Waals surface area contributed by atoms with Gasteiger partial charge in [-0.3, -0.25) is 0 Å². The Morgan fingerprint density at radius 1 is 1.64 bits per heavy atom. The summed E-state index contributed by atoms with van der Waals surface area (Å²) in [6.07, 6.45) is -0.458. The van der Waals surface area contributed by atoms with Gasteiger partial charge in [-0.15, -0.1) is 0 Å². The number of hydrogen-bond donors (Lipinski definition) is 2. The van der Waals surface area contributed by atoms with Crippen LogP contribution in [0.3, 0.4) is 0 Å². The molecule has 2 N–H and O–H groups in total.